The van der Waals surface area contributed by atoms with E-state index in [-0.39, 0.29) is 11.4 Å². The van der Waals surface area contributed by atoms with E-state index in [9.17, 15) is 31.6 Å². The number of aromatic nitrogens is 2. The van der Waals surface area contributed by atoms with Crippen LogP contribution in [-0.4, -0.2) is 9.13 Å². The zero-order valence-corrected chi connectivity index (χ0v) is 28.9. The van der Waals surface area contributed by atoms with Gasteiger partial charge in [-0.05, 0) is 89.0 Å². The van der Waals surface area contributed by atoms with E-state index < -0.39 is 34.6 Å². The minimum absolute atomic E-state index is 0.188. The Labute approximate surface area is 315 Å². The highest BCUT2D eigenvalue weighted by molar-refractivity contribution is 6.12. The quantitative estimate of drug-likeness (QED) is 0.131. The van der Waals surface area contributed by atoms with Crippen LogP contribution in [0.3, 0.4) is 0 Å². The predicted octanol–water partition coefficient (Wildman–Crippen LogP) is 13.7. The highest BCUT2D eigenvalue weighted by Crippen LogP contribution is 2.46. The van der Waals surface area contributed by atoms with Crippen molar-refractivity contribution in [2.45, 2.75) is 12.4 Å². The highest BCUT2D eigenvalue weighted by atomic mass is 19.4. The molecule has 0 unspecified atom stereocenters. The molecule has 0 atom stereocenters. The SMILES string of the molecule is [C-]#[N+]c1ccccc1-c1ccc2c3ccccc3n(-c3ccc(C(F)(F)F)c(-c4cc(-n5c6ccccc6c6c(C#N)cccc65)ccc4C(F)(F)F)c3)c2c1. The Kier molecular flexibility index (Phi) is 7.78. The molecule has 0 aliphatic heterocycles. The van der Waals surface area contributed by atoms with Crippen LogP contribution in [0.15, 0.2) is 146 Å². The number of rotatable bonds is 4. The lowest BCUT2D eigenvalue weighted by Gasteiger charge is -2.21. The number of hydrogen-bond acceptors (Lipinski definition) is 1. The van der Waals surface area contributed by atoms with Crippen LogP contribution >= 0.6 is 0 Å². The smallest absolute Gasteiger partial charge is 0.309 e. The normalized spacial score (nSPS) is 12.1. The number of nitrogens with zero attached hydrogens (tertiary/aromatic N) is 4. The number of para-hydroxylation sites is 3. The first-order chi connectivity index (χ1) is 27.0. The van der Waals surface area contributed by atoms with Gasteiger partial charge in [-0.1, -0.05) is 78.9 Å². The summed E-state index contributed by atoms with van der Waals surface area (Å²) in [6.45, 7) is 7.69. The zero-order valence-electron chi connectivity index (χ0n) is 28.9. The van der Waals surface area contributed by atoms with E-state index in [1.54, 1.807) is 81.9 Å². The van der Waals surface area contributed by atoms with Gasteiger partial charge in [0.05, 0.1) is 51.4 Å². The molecule has 270 valence electrons. The van der Waals surface area contributed by atoms with Crippen molar-refractivity contribution in [3.05, 3.63) is 174 Å². The third kappa shape index (κ3) is 5.38. The summed E-state index contributed by atoms with van der Waals surface area (Å²) in [7, 11) is 0. The molecule has 2 aromatic heterocycles. The van der Waals surface area contributed by atoms with E-state index in [2.05, 4.69) is 10.9 Å². The summed E-state index contributed by atoms with van der Waals surface area (Å²) >= 11 is 0. The number of nitriles is 1. The molecule has 0 amide bonds. The van der Waals surface area contributed by atoms with Crippen LogP contribution in [0.1, 0.15) is 16.7 Å². The van der Waals surface area contributed by atoms with Crippen molar-refractivity contribution in [1.29, 1.82) is 5.26 Å². The lowest BCUT2D eigenvalue weighted by atomic mass is 9.93. The van der Waals surface area contributed by atoms with E-state index in [0.29, 0.717) is 55.2 Å². The zero-order chi connectivity index (χ0) is 38.9. The second-order valence-electron chi connectivity index (χ2n) is 13.3. The summed E-state index contributed by atoms with van der Waals surface area (Å²) in [6.07, 6.45) is -10.0. The highest BCUT2D eigenvalue weighted by Gasteiger charge is 2.39. The Bertz CT molecular complexity index is 3150. The lowest BCUT2D eigenvalue weighted by Crippen LogP contribution is -2.12. The average Bonchev–Trinajstić information content (AvgIpc) is 3.72. The van der Waals surface area contributed by atoms with Crippen molar-refractivity contribution in [2.75, 3.05) is 0 Å². The molecule has 0 aliphatic rings. The second kappa shape index (κ2) is 12.6. The van der Waals surface area contributed by atoms with Crippen molar-refractivity contribution in [3.8, 4) is 39.7 Å². The Hall–Kier alpha value is -7.30. The average molecular weight is 747 g/mol. The van der Waals surface area contributed by atoms with Gasteiger partial charge in [-0.15, -0.1) is 0 Å². The van der Waals surface area contributed by atoms with Gasteiger partial charge < -0.3 is 9.13 Å². The number of fused-ring (bicyclic) bond motifs is 6. The van der Waals surface area contributed by atoms with Crippen LogP contribution in [-0.2, 0) is 12.4 Å². The summed E-state index contributed by atoms with van der Waals surface area (Å²) in [5.74, 6) is 0. The number of benzene rings is 7. The van der Waals surface area contributed by atoms with Crippen LogP contribution in [0.5, 0.6) is 0 Å². The van der Waals surface area contributed by atoms with E-state index in [4.69, 9.17) is 6.57 Å². The molecule has 0 fully saturated rings. The second-order valence-corrected chi connectivity index (χ2v) is 13.3. The maximum Gasteiger partial charge on any atom is 0.417 e. The van der Waals surface area contributed by atoms with Gasteiger partial charge in [-0.25, -0.2) is 4.85 Å². The van der Waals surface area contributed by atoms with E-state index in [1.807, 2.05) is 36.4 Å². The van der Waals surface area contributed by atoms with Crippen LogP contribution in [0.2, 0.25) is 0 Å². The van der Waals surface area contributed by atoms with Gasteiger partial charge in [0.15, 0.2) is 5.69 Å². The number of alkyl halides is 6. The first kappa shape index (κ1) is 34.5. The third-order valence-electron chi connectivity index (χ3n) is 10.3. The van der Waals surface area contributed by atoms with Crippen molar-refractivity contribution >= 4 is 49.3 Å². The molecule has 4 nitrogen and oxygen atoms in total. The molecule has 56 heavy (non-hydrogen) atoms. The van der Waals surface area contributed by atoms with Gasteiger partial charge in [-0.3, -0.25) is 0 Å². The van der Waals surface area contributed by atoms with E-state index >= 15 is 0 Å². The number of hydrogen-bond donors (Lipinski definition) is 0. The molecule has 0 saturated heterocycles. The maximum atomic E-state index is 15.0. The first-order valence-corrected chi connectivity index (χ1v) is 17.3. The fourth-order valence-corrected chi connectivity index (χ4v) is 7.90. The largest absolute Gasteiger partial charge is 0.417 e. The fraction of sp³-hybridized carbons (Fsp3) is 0.0435. The summed E-state index contributed by atoms with van der Waals surface area (Å²) in [5, 5.41) is 12.7. The molecular weight excluding hydrogens is 723 g/mol. The van der Waals surface area contributed by atoms with E-state index in [1.165, 1.54) is 18.2 Å². The molecule has 0 N–H and O–H groups in total. The van der Waals surface area contributed by atoms with Gasteiger partial charge in [0.1, 0.15) is 0 Å². The molecule has 2 heterocycles. The van der Waals surface area contributed by atoms with Gasteiger partial charge in [0, 0.05) is 32.9 Å². The van der Waals surface area contributed by atoms with Gasteiger partial charge >= 0.3 is 12.4 Å². The molecule has 9 rings (SSSR count). The van der Waals surface area contributed by atoms with Crippen LogP contribution in [0, 0.1) is 17.9 Å². The van der Waals surface area contributed by atoms with Crippen molar-refractivity contribution in [1.82, 2.24) is 9.13 Å². The Morgan fingerprint density at radius 2 is 1.04 bits per heavy atom. The minimum Gasteiger partial charge on any atom is -0.309 e. The summed E-state index contributed by atoms with van der Waals surface area (Å²) in [5.41, 5.74) is 1.06. The summed E-state index contributed by atoms with van der Waals surface area (Å²) < 4.78 is 93.2. The van der Waals surface area contributed by atoms with Crippen molar-refractivity contribution < 1.29 is 26.3 Å². The summed E-state index contributed by atoms with van der Waals surface area (Å²) in [6, 6.07) is 40.7. The predicted molar refractivity (Wildman–Crippen MR) is 207 cm³/mol. The maximum absolute atomic E-state index is 15.0. The molecule has 0 bridgehead atoms. The third-order valence-corrected chi connectivity index (χ3v) is 10.3. The van der Waals surface area contributed by atoms with Crippen molar-refractivity contribution in [2.24, 2.45) is 0 Å². The number of halogens is 6. The Balaban J connectivity index is 1.35. The van der Waals surface area contributed by atoms with Gasteiger partial charge in [-0.2, -0.15) is 31.6 Å². The molecule has 0 radical (unpaired) electrons. The van der Waals surface area contributed by atoms with Crippen molar-refractivity contribution in [3.63, 3.8) is 0 Å². The molecule has 0 saturated carbocycles. The molecule has 7 aromatic carbocycles. The molecule has 10 heteroatoms. The Morgan fingerprint density at radius 1 is 0.500 bits per heavy atom. The Morgan fingerprint density at radius 3 is 1.66 bits per heavy atom. The van der Waals surface area contributed by atoms with Crippen LogP contribution in [0.25, 0.3) is 82.1 Å². The molecule has 9 aromatic rings. The lowest BCUT2D eigenvalue weighted by molar-refractivity contribution is -0.139. The van der Waals surface area contributed by atoms with Gasteiger partial charge in [0.2, 0.25) is 0 Å². The van der Waals surface area contributed by atoms with E-state index in [0.717, 1.165) is 29.0 Å². The molecule has 0 aliphatic carbocycles. The molecule has 0 spiro atoms. The topological polar surface area (TPSA) is 38.0 Å². The van der Waals surface area contributed by atoms with Crippen LogP contribution < -0.4 is 0 Å². The summed E-state index contributed by atoms with van der Waals surface area (Å²) in [4.78, 5) is 3.65. The fourth-order valence-electron chi connectivity index (χ4n) is 7.90. The van der Waals surface area contributed by atoms with Crippen LogP contribution in [0.4, 0.5) is 32.0 Å². The standard InChI is InChI=1S/C46H24F6N4/c1-54-39-13-5-2-10-31(39)27-17-20-33-32-11-3-6-14-40(32)56(43(33)23-27)30-19-22-38(46(50,51)52)36(25-30)35-24-29(18-21-37(35)45(47,48)49)55-41-15-7-4-12-34(41)44-28(26-53)9-8-16-42(44)55/h2-25H. The first-order valence-electron chi connectivity index (χ1n) is 17.3. The van der Waals surface area contributed by atoms with Gasteiger partial charge in [0.25, 0.3) is 0 Å². The monoisotopic (exact) mass is 746 g/mol. The molecular formula is C46H24F6N4. The minimum atomic E-state index is -5.02.